The second-order valence-electron chi connectivity index (χ2n) is 8.83. The highest BCUT2D eigenvalue weighted by Gasteiger charge is 2.61. The molecular weight excluding hydrogens is 446 g/mol. The number of carbonyl (C=O) groups is 3. The third kappa shape index (κ3) is 3.56. The summed E-state index contributed by atoms with van der Waals surface area (Å²) in [4.78, 5) is 42.0. The minimum atomic E-state index is -1.22. The molecule has 2 heterocycles. The predicted molar refractivity (Wildman–Crippen MR) is 136 cm³/mol. The minimum absolute atomic E-state index is 0.125. The minimum Gasteiger partial charge on any atom is -0.325 e. The van der Waals surface area contributed by atoms with E-state index < -0.39 is 4.87 Å². The quantitative estimate of drug-likeness (QED) is 0.607. The van der Waals surface area contributed by atoms with Gasteiger partial charge in [0.25, 0.3) is 5.91 Å². The zero-order chi connectivity index (χ0) is 24.0. The normalized spacial score (nSPS) is 19.1. The molecule has 0 radical (unpaired) electrons. The Balaban J connectivity index is 1.51. The fourth-order valence-corrected chi connectivity index (χ4v) is 6.23. The Kier molecular flexibility index (Phi) is 5.44. The van der Waals surface area contributed by atoms with Crippen molar-refractivity contribution in [3.05, 3.63) is 89.0 Å². The van der Waals surface area contributed by atoms with Crippen LogP contribution in [0.25, 0.3) is 0 Å². The molecule has 5 rings (SSSR count). The summed E-state index contributed by atoms with van der Waals surface area (Å²) in [6.07, 6.45) is 0. The molecule has 3 aromatic rings. The van der Waals surface area contributed by atoms with Crippen LogP contribution in [0.5, 0.6) is 0 Å². The van der Waals surface area contributed by atoms with Crippen LogP contribution in [0.15, 0.2) is 66.7 Å². The number of amides is 3. The van der Waals surface area contributed by atoms with Crippen molar-refractivity contribution in [2.24, 2.45) is 0 Å². The molecule has 6 nitrogen and oxygen atoms in total. The largest absolute Gasteiger partial charge is 0.325 e. The maximum absolute atomic E-state index is 14.0. The number of thioether (sulfide) groups is 1. The van der Waals surface area contributed by atoms with Gasteiger partial charge in [-0.15, -0.1) is 11.8 Å². The molecule has 0 aromatic heterocycles. The fourth-order valence-electron chi connectivity index (χ4n) is 4.87. The molecule has 1 N–H and O–H groups in total. The maximum Gasteiger partial charge on any atom is 0.269 e. The van der Waals surface area contributed by atoms with Gasteiger partial charge in [0.05, 0.1) is 11.4 Å². The number of hydrogen-bond acceptors (Lipinski definition) is 4. The molecule has 0 saturated carbocycles. The zero-order valence-electron chi connectivity index (χ0n) is 19.3. The van der Waals surface area contributed by atoms with Crippen molar-refractivity contribution in [1.82, 2.24) is 0 Å². The summed E-state index contributed by atoms with van der Waals surface area (Å²) >= 11 is 1.31. The van der Waals surface area contributed by atoms with Gasteiger partial charge in [-0.25, -0.2) is 0 Å². The van der Waals surface area contributed by atoms with Gasteiger partial charge in [-0.05, 0) is 67.8 Å². The van der Waals surface area contributed by atoms with E-state index in [-0.39, 0.29) is 30.0 Å². The summed E-state index contributed by atoms with van der Waals surface area (Å²) in [5.74, 6) is -0.500. The van der Waals surface area contributed by atoms with Crippen LogP contribution < -0.4 is 15.1 Å². The molecule has 2 aliphatic rings. The van der Waals surface area contributed by atoms with Crippen molar-refractivity contribution in [2.75, 3.05) is 27.4 Å². The molecule has 172 valence electrons. The molecule has 1 fully saturated rings. The molecule has 1 spiro atoms. The Hall–Kier alpha value is -3.58. The molecule has 2 aliphatic heterocycles. The molecule has 0 bridgehead atoms. The third-order valence-electron chi connectivity index (χ3n) is 6.13. The number of carbonyl (C=O) groups excluding carboxylic acids is 3. The van der Waals surface area contributed by atoms with Crippen molar-refractivity contribution >= 4 is 46.5 Å². The maximum atomic E-state index is 14.0. The second-order valence-corrected chi connectivity index (χ2v) is 10.0. The van der Waals surface area contributed by atoms with Crippen molar-refractivity contribution in [2.45, 2.75) is 25.6 Å². The van der Waals surface area contributed by atoms with Crippen molar-refractivity contribution < 1.29 is 14.4 Å². The van der Waals surface area contributed by atoms with E-state index in [1.165, 1.54) is 16.7 Å². The summed E-state index contributed by atoms with van der Waals surface area (Å²) in [7, 11) is 0. The second kappa shape index (κ2) is 8.33. The molecule has 1 atom stereocenters. The van der Waals surface area contributed by atoms with Crippen LogP contribution >= 0.6 is 11.8 Å². The highest BCUT2D eigenvalue weighted by atomic mass is 32.2. The van der Waals surface area contributed by atoms with E-state index in [4.69, 9.17) is 0 Å². The van der Waals surface area contributed by atoms with E-state index >= 15 is 0 Å². The first kappa shape index (κ1) is 22.2. The molecule has 34 heavy (non-hydrogen) atoms. The zero-order valence-corrected chi connectivity index (χ0v) is 20.1. The Labute approximate surface area is 202 Å². The first-order valence-electron chi connectivity index (χ1n) is 11.1. The Morgan fingerprint density at radius 3 is 2.41 bits per heavy atom. The van der Waals surface area contributed by atoms with Crippen LogP contribution in [0.4, 0.5) is 17.1 Å². The average Bonchev–Trinajstić information content (AvgIpc) is 3.24. The number of aryl methyl sites for hydroxylation is 3. The predicted octanol–water partition coefficient (Wildman–Crippen LogP) is 4.53. The van der Waals surface area contributed by atoms with E-state index in [9.17, 15) is 14.4 Å². The molecule has 7 heteroatoms. The highest BCUT2D eigenvalue weighted by molar-refractivity contribution is 8.02. The van der Waals surface area contributed by atoms with Crippen LogP contribution in [0.2, 0.25) is 0 Å². The topological polar surface area (TPSA) is 69.7 Å². The van der Waals surface area contributed by atoms with Crippen molar-refractivity contribution in [1.29, 1.82) is 0 Å². The number of para-hydroxylation sites is 1. The summed E-state index contributed by atoms with van der Waals surface area (Å²) in [5, 5.41) is 2.92. The first-order valence-corrected chi connectivity index (χ1v) is 12.1. The smallest absolute Gasteiger partial charge is 0.269 e. The number of fused-ring (bicyclic) bond motifs is 2. The van der Waals surface area contributed by atoms with Gasteiger partial charge in [0.1, 0.15) is 6.54 Å². The SMILES string of the molecule is Cc1cc(C)cc(NC(=O)CN2C(=O)C3(SCC(=O)N3c3cccc(C)c3)c3ccccc32)c1. The van der Waals surface area contributed by atoms with Gasteiger partial charge in [0.2, 0.25) is 16.7 Å². The van der Waals surface area contributed by atoms with Crippen LogP contribution in [0.3, 0.4) is 0 Å². The van der Waals surface area contributed by atoms with Gasteiger partial charge in [-0.1, -0.05) is 36.4 Å². The standard InChI is InChI=1S/C27H25N3O3S/c1-17-7-6-8-21(14-17)30-25(32)16-34-27(30)22-9-4-5-10-23(22)29(26(27)33)15-24(31)28-20-12-18(2)11-19(3)13-20/h4-14H,15-16H2,1-3H3,(H,28,31). The lowest BCUT2D eigenvalue weighted by Crippen LogP contribution is -2.50. The monoisotopic (exact) mass is 471 g/mol. The van der Waals surface area contributed by atoms with Gasteiger partial charge < -0.3 is 5.32 Å². The van der Waals surface area contributed by atoms with E-state index in [0.717, 1.165) is 22.3 Å². The Morgan fingerprint density at radius 2 is 1.68 bits per heavy atom. The van der Waals surface area contributed by atoms with Crippen LogP contribution in [0.1, 0.15) is 22.3 Å². The summed E-state index contributed by atoms with van der Waals surface area (Å²) in [6, 6.07) is 20.9. The molecule has 1 unspecified atom stereocenters. The molecule has 3 aromatic carbocycles. The number of hydrogen-bond donors (Lipinski definition) is 1. The summed E-state index contributed by atoms with van der Waals surface area (Å²) in [5.41, 5.74) is 5.86. The summed E-state index contributed by atoms with van der Waals surface area (Å²) < 4.78 is 0. The van der Waals surface area contributed by atoms with Gasteiger partial charge >= 0.3 is 0 Å². The number of nitrogens with one attached hydrogen (secondary N) is 1. The lowest BCUT2D eigenvalue weighted by molar-refractivity contribution is -0.124. The fraction of sp³-hybridized carbons (Fsp3) is 0.222. The van der Waals surface area contributed by atoms with E-state index in [1.807, 2.05) is 87.5 Å². The molecule has 3 amide bonds. The van der Waals surface area contributed by atoms with Crippen LogP contribution in [-0.4, -0.2) is 30.0 Å². The van der Waals surface area contributed by atoms with Gasteiger partial charge in [0.15, 0.2) is 0 Å². The molecular formula is C27H25N3O3S. The number of rotatable bonds is 4. The van der Waals surface area contributed by atoms with Crippen molar-refractivity contribution in [3.8, 4) is 0 Å². The Morgan fingerprint density at radius 1 is 0.941 bits per heavy atom. The summed E-state index contributed by atoms with van der Waals surface area (Å²) in [6.45, 7) is 5.76. The highest BCUT2D eigenvalue weighted by Crippen LogP contribution is 2.55. The third-order valence-corrected chi connectivity index (χ3v) is 7.52. The van der Waals surface area contributed by atoms with E-state index in [2.05, 4.69) is 5.32 Å². The first-order chi connectivity index (χ1) is 16.3. The van der Waals surface area contributed by atoms with Crippen molar-refractivity contribution in [3.63, 3.8) is 0 Å². The van der Waals surface area contributed by atoms with E-state index in [0.29, 0.717) is 17.1 Å². The number of anilines is 3. The van der Waals surface area contributed by atoms with Gasteiger partial charge in [0, 0.05) is 16.9 Å². The van der Waals surface area contributed by atoms with E-state index in [1.54, 1.807) is 4.90 Å². The number of nitrogens with zero attached hydrogens (tertiary/aromatic N) is 2. The average molecular weight is 472 g/mol. The lowest BCUT2D eigenvalue weighted by Gasteiger charge is -2.33. The van der Waals surface area contributed by atoms with Crippen LogP contribution in [-0.2, 0) is 19.3 Å². The van der Waals surface area contributed by atoms with Gasteiger partial charge in [-0.3, -0.25) is 24.2 Å². The lowest BCUT2D eigenvalue weighted by atomic mass is 10.0. The molecule has 0 aliphatic carbocycles. The van der Waals surface area contributed by atoms with Gasteiger partial charge in [-0.2, -0.15) is 0 Å². The number of benzene rings is 3. The molecule has 1 saturated heterocycles. The van der Waals surface area contributed by atoms with Crippen LogP contribution in [0, 0.1) is 20.8 Å². The Bertz CT molecular complexity index is 1320.